The van der Waals surface area contributed by atoms with E-state index in [0.717, 1.165) is 0 Å². The zero-order valence-corrected chi connectivity index (χ0v) is 9.22. The van der Waals surface area contributed by atoms with Gasteiger partial charge in [-0.2, -0.15) is 0 Å². The van der Waals surface area contributed by atoms with Gasteiger partial charge >= 0.3 is 0 Å². The van der Waals surface area contributed by atoms with Crippen LogP contribution in [0.2, 0.25) is 0 Å². The molecule has 0 aliphatic carbocycles. The molecule has 0 radical (unpaired) electrons. The van der Waals surface area contributed by atoms with Crippen molar-refractivity contribution in [3.63, 3.8) is 0 Å². The number of hydrogen-bond donors (Lipinski definition) is 1. The summed E-state index contributed by atoms with van der Waals surface area (Å²) in [5, 5.41) is 3.10. The van der Waals surface area contributed by atoms with E-state index in [0.29, 0.717) is 6.04 Å². The van der Waals surface area contributed by atoms with Crippen molar-refractivity contribution in [3.05, 3.63) is 12.5 Å². The van der Waals surface area contributed by atoms with Crippen LogP contribution >= 0.6 is 0 Å². The van der Waals surface area contributed by atoms with Crippen molar-refractivity contribution in [2.75, 3.05) is 0 Å². The third-order valence-corrected chi connectivity index (χ3v) is 0.848. The highest BCUT2D eigenvalue weighted by molar-refractivity contribution is 4.73. The van der Waals surface area contributed by atoms with Crippen molar-refractivity contribution in [2.24, 2.45) is 0 Å². The van der Waals surface area contributed by atoms with Crippen LogP contribution in [-0.4, -0.2) is 12.1 Å². The Balaban J connectivity index is -0.000000309. The van der Waals surface area contributed by atoms with Gasteiger partial charge in [-0.05, 0) is 27.7 Å². The minimum atomic E-state index is 0. The molecule has 0 aliphatic heterocycles. The van der Waals surface area contributed by atoms with E-state index in [1.165, 1.54) is 0 Å². The van der Waals surface area contributed by atoms with Crippen LogP contribution in [0.5, 0.6) is 0 Å². The second kappa shape index (κ2) is 10.3. The van der Waals surface area contributed by atoms with Crippen LogP contribution in [0.3, 0.4) is 0 Å². The van der Waals surface area contributed by atoms with Crippen molar-refractivity contribution in [1.82, 2.24) is 5.32 Å². The Morgan fingerprint density at radius 2 is 1.67 bits per heavy atom. The number of hydrogen-bond acceptors (Lipinski definition) is 2. The molecule has 0 aromatic carbocycles. The van der Waals surface area contributed by atoms with Gasteiger partial charge in [-0.25, -0.2) is 0 Å². The van der Waals surface area contributed by atoms with Crippen LogP contribution in [0.15, 0.2) is 12.5 Å². The van der Waals surface area contributed by atoms with Gasteiger partial charge in [0.05, 0.1) is 12.4 Å². The first-order valence-electron chi connectivity index (χ1n) is 4.69. The quantitative estimate of drug-likeness (QED) is 0.663. The van der Waals surface area contributed by atoms with Gasteiger partial charge in [-0.1, -0.05) is 13.8 Å². The molecule has 0 fully saturated rings. The first kappa shape index (κ1) is 13.9. The van der Waals surface area contributed by atoms with Gasteiger partial charge in [0.25, 0.3) is 0 Å². The molecule has 0 saturated heterocycles. The maximum atomic E-state index is 5.15. The SMILES string of the molecule is CC.CC(C)NC=COC(C)C.[HH]. The molecule has 1 N–H and O–H groups in total. The highest BCUT2D eigenvalue weighted by Gasteiger charge is 1.86. The van der Waals surface area contributed by atoms with Gasteiger partial charge in [0, 0.05) is 13.7 Å². The van der Waals surface area contributed by atoms with Crippen LogP contribution in [0.1, 0.15) is 43.0 Å². The predicted molar refractivity (Wildman–Crippen MR) is 57.1 cm³/mol. The monoisotopic (exact) mass is 175 g/mol. The summed E-state index contributed by atoms with van der Waals surface area (Å²) in [4.78, 5) is 0. The molecule has 76 valence electrons. The van der Waals surface area contributed by atoms with E-state index in [4.69, 9.17) is 4.74 Å². The fraction of sp³-hybridized carbons (Fsp3) is 0.800. The summed E-state index contributed by atoms with van der Waals surface area (Å²) in [5.41, 5.74) is 0. The summed E-state index contributed by atoms with van der Waals surface area (Å²) in [7, 11) is 0. The maximum absolute atomic E-state index is 5.15. The number of rotatable bonds is 4. The second-order valence-corrected chi connectivity index (χ2v) is 2.81. The molecule has 12 heavy (non-hydrogen) atoms. The fourth-order valence-corrected chi connectivity index (χ4v) is 0.428. The lowest BCUT2D eigenvalue weighted by Gasteiger charge is -2.05. The molecule has 0 heterocycles. The van der Waals surface area contributed by atoms with Crippen LogP contribution in [0.4, 0.5) is 0 Å². The highest BCUT2D eigenvalue weighted by atomic mass is 16.5. The van der Waals surface area contributed by atoms with Gasteiger partial charge in [0.1, 0.15) is 0 Å². The van der Waals surface area contributed by atoms with Gasteiger partial charge in [0.15, 0.2) is 0 Å². The lowest BCUT2D eigenvalue weighted by atomic mass is 10.4. The molecule has 0 bridgehead atoms. The van der Waals surface area contributed by atoms with Crippen molar-refractivity contribution in [2.45, 2.75) is 53.7 Å². The Kier molecular flexibility index (Phi) is 12.0. The zero-order valence-electron chi connectivity index (χ0n) is 9.22. The first-order valence-corrected chi connectivity index (χ1v) is 4.69. The van der Waals surface area contributed by atoms with E-state index in [2.05, 4.69) is 19.2 Å². The maximum Gasteiger partial charge on any atom is 0.0989 e. The van der Waals surface area contributed by atoms with Gasteiger partial charge in [-0.3, -0.25) is 0 Å². The molecule has 0 amide bonds. The van der Waals surface area contributed by atoms with Crippen LogP contribution in [-0.2, 0) is 4.74 Å². The zero-order chi connectivity index (χ0) is 9.98. The summed E-state index contributed by atoms with van der Waals surface area (Å²) in [5.74, 6) is 0. The number of nitrogens with one attached hydrogen (secondary N) is 1. The van der Waals surface area contributed by atoms with Crippen LogP contribution in [0, 0.1) is 0 Å². The average molecular weight is 175 g/mol. The molecule has 0 aromatic heterocycles. The fourth-order valence-electron chi connectivity index (χ4n) is 0.428. The van der Waals surface area contributed by atoms with Gasteiger partial charge < -0.3 is 10.1 Å². The largest absolute Gasteiger partial charge is 0.497 e. The molecule has 2 nitrogen and oxygen atoms in total. The first-order chi connectivity index (χ1) is 5.63. The second-order valence-electron chi connectivity index (χ2n) is 2.81. The third kappa shape index (κ3) is 16.2. The molecule has 0 rings (SSSR count). The average Bonchev–Trinajstić information content (AvgIpc) is 2.02. The molecule has 2 heteroatoms. The summed E-state index contributed by atoms with van der Waals surface area (Å²) in [6.45, 7) is 12.2. The van der Waals surface area contributed by atoms with E-state index in [1.807, 2.05) is 33.9 Å². The molecule has 0 aromatic rings. The van der Waals surface area contributed by atoms with Crippen molar-refractivity contribution in [1.29, 1.82) is 0 Å². The third-order valence-electron chi connectivity index (χ3n) is 0.848. The van der Waals surface area contributed by atoms with Gasteiger partial charge in [-0.15, -0.1) is 0 Å². The van der Waals surface area contributed by atoms with E-state index in [1.54, 1.807) is 6.26 Å². The summed E-state index contributed by atoms with van der Waals surface area (Å²) >= 11 is 0. The van der Waals surface area contributed by atoms with Crippen LogP contribution in [0.25, 0.3) is 0 Å². The Hall–Kier alpha value is -0.660. The van der Waals surface area contributed by atoms with E-state index in [-0.39, 0.29) is 7.53 Å². The van der Waals surface area contributed by atoms with E-state index >= 15 is 0 Å². The summed E-state index contributed by atoms with van der Waals surface area (Å²) in [6, 6.07) is 0.479. The van der Waals surface area contributed by atoms with Crippen molar-refractivity contribution >= 4 is 0 Å². The molecule has 0 unspecified atom stereocenters. The lowest BCUT2D eigenvalue weighted by molar-refractivity contribution is 0.178. The van der Waals surface area contributed by atoms with Crippen LogP contribution < -0.4 is 5.32 Å². The van der Waals surface area contributed by atoms with E-state index < -0.39 is 0 Å². The standard InChI is InChI=1S/C8H17NO.C2H6.H2/c1-7(2)9-5-6-10-8(3)4;1-2;/h5-9H,1-4H3;1-2H3;1H. The van der Waals surface area contributed by atoms with E-state index in [9.17, 15) is 0 Å². The molecule has 0 atom stereocenters. The Labute approximate surface area is 78.5 Å². The Morgan fingerprint density at radius 1 is 1.17 bits per heavy atom. The molecular formula is C10H25NO. The smallest absolute Gasteiger partial charge is 0.0989 e. The van der Waals surface area contributed by atoms with Gasteiger partial charge in [0.2, 0.25) is 0 Å². The summed E-state index contributed by atoms with van der Waals surface area (Å²) < 4.78 is 5.15. The minimum Gasteiger partial charge on any atom is -0.497 e. The Morgan fingerprint density at radius 3 is 2.00 bits per heavy atom. The molecule has 0 aliphatic rings. The lowest BCUT2D eigenvalue weighted by Crippen LogP contribution is -2.15. The topological polar surface area (TPSA) is 21.3 Å². The Bertz CT molecular complexity index is 91.1. The molecule has 0 saturated carbocycles. The molecule has 0 spiro atoms. The summed E-state index contributed by atoms with van der Waals surface area (Å²) in [6.07, 6.45) is 3.78. The number of ether oxygens (including phenoxy) is 1. The van der Waals surface area contributed by atoms with Crippen molar-refractivity contribution in [3.8, 4) is 0 Å². The van der Waals surface area contributed by atoms with Crippen molar-refractivity contribution < 1.29 is 6.16 Å². The molecular weight excluding hydrogens is 150 g/mol. The normalized spacial score (nSPS) is 10.0. The highest BCUT2D eigenvalue weighted by Crippen LogP contribution is 1.87. The minimum absolute atomic E-state index is 0. The predicted octanol–water partition coefficient (Wildman–Crippen LogP) is 3.15.